The van der Waals surface area contributed by atoms with E-state index in [1.54, 1.807) is 6.92 Å². The van der Waals surface area contributed by atoms with Gasteiger partial charge in [0.15, 0.2) is 0 Å². The van der Waals surface area contributed by atoms with E-state index in [0.717, 1.165) is 12.8 Å². The van der Waals surface area contributed by atoms with Crippen molar-refractivity contribution in [2.75, 3.05) is 6.61 Å². The Morgan fingerprint density at radius 3 is 2.94 bits per heavy atom. The molecular weight excluding hydrogens is 236 g/mol. The number of carboxylic acids is 1. The van der Waals surface area contributed by atoms with Crippen molar-refractivity contribution in [2.45, 2.75) is 38.7 Å². The van der Waals surface area contributed by atoms with Gasteiger partial charge in [-0.25, -0.2) is 4.98 Å². The molecule has 98 valence electrons. The summed E-state index contributed by atoms with van der Waals surface area (Å²) in [4.78, 5) is 29.4. The van der Waals surface area contributed by atoms with E-state index >= 15 is 0 Å². The van der Waals surface area contributed by atoms with Crippen molar-refractivity contribution in [2.24, 2.45) is 0 Å². The average molecular weight is 252 g/mol. The molecule has 18 heavy (non-hydrogen) atoms. The summed E-state index contributed by atoms with van der Waals surface area (Å²) in [5.74, 6) is -0.369. The van der Waals surface area contributed by atoms with Gasteiger partial charge in [0.1, 0.15) is 11.9 Å². The summed E-state index contributed by atoms with van der Waals surface area (Å²) < 4.78 is 5.46. The third kappa shape index (κ3) is 2.76. The molecule has 0 aromatic carbocycles. The van der Waals surface area contributed by atoms with Gasteiger partial charge in [0, 0.05) is 24.3 Å². The fourth-order valence-electron chi connectivity index (χ4n) is 2.10. The second kappa shape index (κ2) is 5.30. The van der Waals surface area contributed by atoms with E-state index in [4.69, 9.17) is 9.84 Å². The van der Waals surface area contributed by atoms with Crippen molar-refractivity contribution in [3.8, 4) is 0 Å². The summed E-state index contributed by atoms with van der Waals surface area (Å²) in [5, 5.41) is 8.63. The van der Waals surface area contributed by atoms with Crippen LogP contribution in [-0.4, -0.2) is 27.7 Å². The van der Waals surface area contributed by atoms with Crippen LogP contribution in [0.4, 0.5) is 0 Å². The number of aromatic nitrogens is 2. The largest absolute Gasteiger partial charge is 0.481 e. The lowest BCUT2D eigenvalue weighted by molar-refractivity contribution is -0.136. The smallest absolute Gasteiger partial charge is 0.303 e. The number of carboxylic acid groups (broad SMARTS) is 1. The summed E-state index contributed by atoms with van der Waals surface area (Å²) in [6.07, 6.45) is 1.83. The fourth-order valence-corrected chi connectivity index (χ4v) is 2.10. The van der Waals surface area contributed by atoms with Gasteiger partial charge in [0.05, 0.1) is 0 Å². The quantitative estimate of drug-likeness (QED) is 0.832. The lowest BCUT2D eigenvalue weighted by atomic mass is 10.1. The first kappa shape index (κ1) is 12.8. The van der Waals surface area contributed by atoms with E-state index in [9.17, 15) is 9.59 Å². The topological polar surface area (TPSA) is 92.3 Å². The van der Waals surface area contributed by atoms with Crippen molar-refractivity contribution < 1.29 is 14.6 Å². The van der Waals surface area contributed by atoms with Crippen LogP contribution in [0.2, 0.25) is 0 Å². The maximum Gasteiger partial charge on any atom is 0.303 e. The molecule has 1 aromatic heterocycles. The number of H-pyrrole nitrogens is 1. The average Bonchev–Trinajstić information content (AvgIpc) is 2.80. The maximum absolute atomic E-state index is 11.9. The van der Waals surface area contributed by atoms with Crippen molar-refractivity contribution in [3.05, 3.63) is 27.4 Å². The normalized spacial score (nSPS) is 19.1. The van der Waals surface area contributed by atoms with Crippen LogP contribution < -0.4 is 5.56 Å². The van der Waals surface area contributed by atoms with Crippen LogP contribution in [0.15, 0.2) is 4.79 Å². The van der Waals surface area contributed by atoms with E-state index < -0.39 is 5.97 Å². The van der Waals surface area contributed by atoms with E-state index in [-0.39, 0.29) is 24.5 Å². The number of aromatic amines is 1. The molecule has 1 aliphatic rings. The standard InChI is InChI=1S/C12H16N2O4/c1-7-8(4-5-10(15)16)12(17)14-11(13-7)9-3-2-6-18-9/h9H,2-6H2,1H3,(H,15,16)(H,13,14,17). The molecule has 2 rings (SSSR count). The number of aryl methyl sites for hydroxylation is 1. The van der Waals surface area contributed by atoms with Crippen LogP contribution in [0.1, 0.15) is 42.4 Å². The van der Waals surface area contributed by atoms with E-state index in [1.807, 2.05) is 0 Å². The summed E-state index contributed by atoms with van der Waals surface area (Å²) >= 11 is 0. The Labute approximate surface area is 104 Å². The van der Waals surface area contributed by atoms with Crippen molar-refractivity contribution in [3.63, 3.8) is 0 Å². The van der Waals surface area contributed by atoms with Gasteiger partial charge < -0.3 is 14.8 Å². The van der Waals surface area contributed by atoms with E-state index in [1.165, 1.54) is 0 Å². The predicted octanol–water partition coefficient (Wildman–Crippen LogP) is 0.947. The molecule has 1 fully saturated rings. The molecule has 1 aliphatic heterocycles. The number of hydrogen-bond acceptors (Lipinski definition) is 4. The number of nitrogens with one attached hydrogen (secondary N) is 1. The number of ether oxygens (including phenoxy) is 1. The molecule has 2 N–H and O–H groups in total. The highest BCUT2D eigenvalue weighted by atomic mass is 16.5. The molecule has 6 heteroatoms. The highest BCUT2D eigenvalue weighted by Gasteiger charge is 2.21. The van der Waals surface area contributed by atoms with Gasteiger partial charge in [-0.15, -0.1) is 0 Å². The molecule has 0 saturated carbocycles. The lowest BCUT2D eigenvalue weighted by Crippen LogP contribution is -2.21. The molecule has 6 nitrogen and oxygen atoms in total. The van der Waals surface area contributed by atoms with Crippen molar-refractivity contribution in [1.82, 2.24) is 9.97 Å². The third-order valence-corrected chi connectivity index (χ3v) is 3.06. The highest BCUT2D eigenvalue weighted by molar-refractivity contribution is 5.67. The number of hydrogen-bond donors (Lipinski definition) is 2. The molecule has 0 bridgehead atoms. The number of nitrogens with zero attached hydrogens (tertiary/aromatic N) is 1. The molecule has 0 amide bonds. The highest BCUT2D eigenvalue weighted by Crippen LogP contribution is 2.25. The Hall–Kier alpha value is -1.69. The van der Waals surface area contributed by atoms with Crippen LogP contribution in [0.3, 0.4) is 0 Å². The van der Waals surface area contributed by atoms with Crippen molar-refractivity contribution >= 4 is 5.97 Å². The number of carbonyl (C=O) groups is 1. The van der Waals surface area contributed by atoms with Gasteiger partial charge in [-0.3, -0.25) is 9.59 Å². The molecule has 1 aromatic rings. The van der Waals surface area contributed by atoms with E-state index in [0.29, 0.717) is 23.7 Å². The molecule has 0 spiro atoms. The zero-order valence-electron chi connectivity index (χ0n) is 10.2. The zero-order chi connectivity index (χ0) is 13.1. The summed E-state index contributed by atoms with van der Waals surface area (Å²) in [5.41, 5.74) is 0.777. The van der Waals surface area contributed by atoms with Crippen LogP contribution in [0.25, 0.3) is 0 Å². The lowest BCUT2D eigenvalue weighted by Gasteiger charge is -2.11. The number of aliphatic carboxylic acids is 1. The first-order chi connectivity index (χ1) is 8.58. The van der Waals surface area contributed by atoms with Crippen LogP contribution >= 0.6 is 0 Å². The minimum absolute atomic E-state index is 0.0646. The second-order valence-corrected chi connectivity index (χ2v) is 4.41. The van der Waals surface area contributed by atoms with Gasteiger partial charge in [0.25, 0.3) is 5.56 Å². The monoisotopic (exact) mass is 252 g/mol. The molecule has 1 unspecified atom stereocenters. The number of rotatable bonds is 4. The summed E-state index contributed by atoms with van der Waals surface area (Å²) in [6.45, 7) is 2.42. The van der Waals surface area contributed by atoms with Gasteiger partial charge in [0.2, 0.25) is 0 Å². The minimum Gasteiger partial charge on any atom is -0.481 e. The van der Waals surface area contributed by atoms with E-state index in [2.05, 4.69) is 9.97 Å². The molecular formula is C12H16N2O4. The Morgan fingerprint density at radius 1 is 1.61 bits per heavy atom. The van der Waals surface area contributed by atoms with Crippen molar-refractivity contribution in [1.29, 1.82) is 0 Å². The Kier molecular flexibility index (Phi) is 3.76. The Balaban J connectivity index is 2.23. The minimum atomic E-state index is -0.919. The van der Waals surface area contributed by atoms with Crippen LogP contribution in [-0.2, 0) is 16.0 Å². The molecule has 0 radical (unpaired) electrons. The second-order valence-electron chi connectivity index (χ2n) is 4.41. The maximum atomic E-state index is 11.9. The van der Waals surface area contributed by atoms with Crippen LogP contribution in [0.5, 0.6) is 0 Å². The van der Waals surface area contributed by atoms with Gasteiger partial charge >= 0.3 is 5.97 Å². The molecule has 1 atom stereocenters. The molecule has 1 saturated heterocycles. The molecule has 2 heterocycles. The Morgan fingerprint density at radius 2 is 2.39 bits per heavy atom. The fraction of sp³-hybridized carbons (Fsp3) is 0.583. The zero-order valence-corrected chi connectivity index (χ0v) is 10.2. The molecule has 0 aliphatic carbocycles. The SMILES string of the molecule is Cc1nc(C2CCCO2)[nH]c(=O)c1CCC(=O)O. The predicted molar refractivity (Wildman–Crippen MR) is 63.5 cm³/mol. The van der Waals surface area contributed by atoms with Crippen LogP contribution in [0, 0.1) is 6.92 Å². The van der Waals surface area contributed by atoms with Gasteiger partial charge in [-0.05, 0) is 26.2 Å². The third-order valence-electron chi connectivity index (χ3n) is 3.06. The first-order valence-corrected chi connectivity index (χ1v) is 6.01. The summed E-state index contributed by atoms with van der Waals surface area (Å²) in [6, 6.07) is 0. The summed E-state index contributed by atoms with van der Waals surface area (Å²) in [7, 11) is 0. The first-order valence-electron chi connectivity index (χ1n) is 6.01. The van der Waals surface area contributed by atoms with Gasteiger partial charge in [-0.2, -0.15) is 0 Å². The Bertz CT molecular complexity index is 503. The van der Waals surface area contributed by atoms with Gasteiger partial charge in [-0.1, -0.05) is 0 Å².